The maximum absolute atomic E-state index is 6.00. The maximum Gasteiger partial charge on any atom is 0.131 e. The lowest BCUT2D eigenvalue weighted by Gasteiger charge is -2.08. The number of pyridine rings is 1. The van der Waals surface area contributed by atoms with Crippen molar-refractivity contribution in [2.45, 2.75) is 0 Å². The topological polar surface area (TPSA) is 50.9 Å². The highest BCUT2D eigenvalue weighted by Crippen LogP contribution is 2.30. The zero-order valence-corrected chi connectivity index (χ0v) is 9.70. The van der Waals surface area contributed by atoms with E-state index >= 15 is 0 Å². The summed E-state index contributed by atoms with van der Waals surface area (Å²) in [6.45, 7) is 0. The second kappa shape index (κ2) is 3.87. The van der Waals surface area contributed by atoms with Crippen LogP contribution < -0.4 is 11.3 Å². The van der Waals surface area contributed by atoms with Gasteiger partial charge in [-0.2, -0.15) is 0 Å². The lowest BCUT2D eigenvalue weighted by Crippen LogP contribution is -2.07. The molecule has 0 aliphatic carbocycles. The molecule has 3 rings (SSSR count). The molecule has 0 spiro atoms. The summed E-state index contributed by atoms with van der Waals surface area (Å²) in [5.74, 6) is 5.49. The normalized spacial score (nSPS) is 10.9. The van der Waals surface area contributed by atoms with Gasteiger partial charge in [-0.25, -0.2) is 4.98 Å². The third kappa shape index (κ3) is 1.60. The van der Waals surface area contributed by atoms with Gasteiger partial charge in [-0.3, -0.25) is 5.84 Å². The predicted octanol–water partition coefficient (Wildman–Crippen LogP) is 3.33. The first-order valence-electron chi connectivity index (χ1n) is 5.24. The molecule has 0 saturated carbocycles. The van der Waals surface area contributed by atoms with Crippen molar-refractivity contribution in [3.05, 3.63) is 47.6 Å². The van der Waals surface area contributed by atoms with Crippen molar-refractivity contribution in [2.75, 3.05) is 5.43 Å². The fourth-order valence-electron chi connectivity index (χ4n) is 2.05. The molecule has 0 amide bonds. The second-order valence-electron chi connectivity index (χ2n) is 3.82. The molecule has 0 saturated heterocycles. The quantitative estimate of drug-likeness (QED) is 0.298. The fourth-order valence-corrected chi connectivity index (χ4v) is 2.24. The van der Waals surface area contributed by atoms with Crippen LogP contribution in [0.15, 0.2) is 42.5 Å². The summed E-state index contributed by atoms with van der Waals surface area (Å²) in [4.78, 5) is 4.38. The zero-order valence-electron chi connectivity index (χ0n) is 8.94. The number of benzene rings is 2. The van der Waals surface area contributed by atoms with Crippen LogP contribution in [0.1, 0.15) is 0 Å². The van der Waals surface area contributed by atoms with Crippen molar-refractivity contribution < 1.29 is 0 Å². The van der Waals surface area contributed by atoms with Crippen LogP contribution in [0, 0.1) is 0 Å². The summed E-state index contributed by atoms with van der Waals surface area (Å²) in [5.41, 5.74) is 4.30. The number of nitrogens with zero attached hydrogens (tertiary/aromatic N) is 1. The number of rotatable bonds is 1. The van der Waals surface area contributed by atoms with E-state index in [0.29, 0.717) is 5.15 Å². The molecule has 0 radical (unpaired) electrons. The van der Waals surface area contributed by atoms with E-state index < -0.39 is 0 Å². The van der Waals surface area contributed by atoms with Gasteiger partial charge in [0.05, 0.1) is 11.2 Å². The van der Waals surface area contributed by atoms with E-state index in [2.05, 4.69) is 10.4 Å². The molecule has 0 bridgehead atoms. The second-order valence-corrected chi connectivity index (χ2v) is 4.21. The Balaban J connectivity index is 2.54. The average Bonchev–Trinajstić information content (AvgIpc) is 2.37. The van der Waals surface area contributed by atoms with Gasteiger partial charge >= 0.3 is 0 Å². The maximum atomic E-state index is 6.00. The van der Waals surface area contributed by atoms with E-state index in [0.717, 1.165) is 27.4 Å². The molecule has 1 heterocycles. The van der Waals surface area contributed by atoms with Gasteiger partial charge in [-0.05, 0) is 5.39 Å². The van der Waals surface area contributed by atoms with Crippen LogP contribution in [0.3, 0.4) is 0 Å². The highest BCUT2D eigenvalue weighted by atomic mass is 35.5. The molecular weight excluding hydrogens is 234 g/mol. The van der Waals surface area contributed by atoms with Gasteiger partial charge in [-0.1, -0.05) is 48.0 Å². The van der Waals surface area contributed by atoms with Crippen molar-refractivity contribution in [2.24, 2.45) is 5.84 Å². The lowest BCUT2D eigenvalue weighted by atomic mass is 10.1. The Bertz CT molecular complexity index is 709. The molecule has 0 aliphatic rings. The first-order chi connectivity index (χ1) is 8.29. The molecule has 2 aromatic carbocycles. The van der Waals surface area contributed by atoms with Crippen molar-refractivity contribution in [3.8, 4) is 0 Å². The Labute approximate surface area is 103 Å². The molecule has 3 nitrogen and oxygen atoms in total. The highest BCUT2D eigenvalue weighted by molar-refractivity contribution is 6.30. The molecular formula is C13H10ClN3. The average molecular weight is 244 g/mol. The monoisotopic (exact) mass is 243 g/mol. The van der Waals surface area contributed by atoms with E-state index in [9.17, 15) is 0 Å². The Morgan fingerprint density at radius 1 is 1.06 bits per heavy atom. The van der Waals surface area contributed by atoms with Crippen molar-refractivity contribution in [1.29, 1.82) is 0 Å². The van der Waals surface area contributed by atoms with Crippen LogP contribution in [-0.4, -0.2) is 4.98 Å². The van der Waals surface area contributed by atoms with Crippen LogP contribution in [-0.2, 0) is 0 Å². The molecule has 0 fully saturated rings. The lowest BCUT2D eigenvalue weighted by molar-refractivity contribution is 1.34. The fraction of sp³-hybridized carbons (Fsp3) is 0. The number of hydrogen-bond acceptors (Lipinski definition) is 3. The minimum Gasteiger partial charge on any atom is -0.323 e. The Hall–Kier alpha value is -1.84. The van der Waals surface area contributed by atoms with Gasteiger partial charge in [0.15, 0.2) is 0 Å². The van der Waals surface area contributed by atoms with Gasteiger partial charge in [0.2, 0.25) is 0 Å². The number of fused-ring (bicyclic) bond motifs is 3. The molecule has 0 unspecified atom stereocenters. The molecule has 4 heteroatoms. The minimum absolute atomic E-state index is 0.432. The summed E-state index contributed by atoms with van der Waals surface area (Å²) in [6.07, 6.45) is 0. The molecule has 0 aliphatic heterocycles. The van der Waals surface area contributed by atoms with Crippen molar-refractivity contribution >= 4 is 39.0 Å². The third-order valence-corrected chi connectivity index (χ3v) is 3.02. The molecule has 17 heavy (non-hydrogen) atoms. The molecule has 3 N–H and O–H groups in total. The van der Waals surface area contributed by atoms with Crippen LogP contribution in [0.25, 0.3) is 21.7 Å². The number of hydrogen-bond donors (Lipinski definition) is 2. The van der Waals surface area contributed by atoms with E-state index in [-0.39, 0.29) is 0 Å². The van der Waals surface area contributed by atoms with E-state index in [4.69, 9.17) is 17.4 Å². The van der Waals surface area contributed by atoms with Crippen molar-refractivity contribution in [3.63, 3.8) is 0 Å². The molecule has 84 valence electrons. The van der Waals surface area contributed by atoms with Crippen LogP contribution in [0.5, 0.6) is 0 Å². The number of anilines is 1. The van der Waals surface area contributed by atoms with Gasteiger partial charge in [0, 0.05) is 16.8 Å². The Kier molecular flexibility index (Phi) is 2.35. The van der Waals surface area contributed by atoms with Crippen LogP contribution in [0.4, 0.5) is 5.69 Å². The number of nitrogens with two attached hydrogens (primary N) is 1. The third-order valence-electron chi connectivity index (χ3n) is 2.83. The first kappa shape index (κ1) is 10.3. The summed E-state index contributed by atoms with van der Waals surface area (Å²) >= 11 is 6.00. The summed E-state index contributed by atoms with van der Waals surface area (Å²) < 4.78 is 0. The van der Waals surface area contributed by atoms with Gasteiger partial charge in [0.1, 0.15) is 5.15 Å². The first-order valence-corrected chi connectivity index (χ1v) is 5.62. The van der Waals surface area contributed by atoms with Gasteiger partial charge < -0.3 is 5.43 Å². The number of hydrazine groups is 1. The molecule has 3 aromatic rings. The van der Waals surface area contributed by atoms with Crippen LogP contribution in [0.2, 0.25) is 5.15 Å². The van der Waals surface area contributed by atoms with Crippen molar-refractivity contribution in [1.82, 2.24) is 4.98 Å². The summed E-state index contributed by atoms with van der Waals surface area (Å²) in [6, 6.07) is 13.8. The standard InChI is InChI=1S/C13H10ClN3/c14-12-7-11(17-15)10-6-5-8-3-1-2-4-9(8)13(10)16-12/h1-7H,15H2,(H,16,17). The van der Waals surface area contributed by atoms with Gasteiger partial charge in [-0.15, -0.1) is 0 Å². The number of aromatic nitrogens is 1. The van der Waals surface area contributed by atoms with E-state index in [1.807, 2.05) is 36.4 Å². The highest BCUT2D eigenvalue weighted by Gasteiger charge is 2.06. The number of halogens is 1. The van der Waals surface area contributed by atoms with E-state index in [1.165, 1.54) is 0 Å². The number of nitrogen functional groups attached to an aromatic ring is 1. The van der Waals surface area contributed by atoms with E-state index in [1.54, 1.807) is 6.07 Å². The predicted molar refractivity (Wildman–Crippen MR) is 72.1 cm³/mol. The Morgan fingerprint density at radius 2 is 1.88 bits per heavy atom. The summed E-state index contributed by atoms with van der Waals surface area (Å²) in [7, 11) is 0. The summed E-state index contributed by atoms with van der Waals surface area (Å²) in [5, 5.41) is 3.61. The smallest absolute Gasteiger partial charge is 0.131 e. The Morgan fingerprint density at radius 3 is 2.71 bits per heavy atom. The number of nitrogens with one attached hydrogen (secondary N) is 1. The van der Waals surface area contributed by atoms with Gasteiger partial charge in [0.25, 0.3) is 0 Å². The molecule has 0 atom stereocenters. The van der Waals surface area contributed by atoms with Crippen LogP contribution >= 0.6 is 11.6 Å². The largest absolute Gasteiger partial charge is 0.323 e. The minimum atomic E-state index is 0.432. The zero-order chi connectivity index (χ0) is 11.8. The molecule has 1 aromatic heterocycles. The SMILES string of the molecule is NNc1cc(Cl)nc2c1ccc1ccccc12.